The van der Waals surface area contributed by atoms with E-state index in [9.17, 15) is 5.26 Å². The molecule has 2 aromatic carbocycles. The molecular weight excluding hydrogens is 308 g/mol. The number of benzene rings is 2. The molecule has 0 aliphatic heterocycles. The molecular formula is C21H20N4. The van der Waals surface area contributed by atoms with E-state index in [1.54, 1.807) is 6.20 Å². The van der Waals surface area contributed by atoms with Crippen molar-refractivity contribution in [3.8, 4) is 6.07 Å². The van der Waals surface area contributed by atoms with Crippen LogP contribution in [0.5, 0.6) is 0 Å². The van der Waals surface area contributed by atoms with Crippen LogP contribution in [0, 0.1) is 11.3 Å². The van der Waals surface area contributed by atoms with E-state index in [1.165, 1.54) is 16.5 Å². The normalized spacial score (nSPS) is 12.5. The van der Waals surface area contributed by atoms with Gasteiger partial charge in [-0.25, -0.2) is 0 Å². The second-order valence-electron chi connectivity index (χ2n) is 6.39. The molecule has 2 heterocycles. The van der Waals surface area contributed by atoms with Crippen LogP contribution in [0.25, 0.3) is 21.8 Å². The van der Waals surface area contributed by atoms with E-state index in [1.807, 2.05) is 13.2 Å². The maximum atomic E-state index is 9.32. The predicted molar refractivity (Wildman–Crippen MR) is 102 cm³/mol. The van der Waals surface area contributed by atoms with Gasteiger partial charge in [-0.2, -0.15) is 5.26 Å². The van der Waals surface area contributed by atoms with Gasteiger partial charge in [0.1, 0.15) is 6.07 Å². The second kappa shape index (κ2) is 6.46. The third kappa shape index (κ3) is 2.79. The zero-order chi connectivity index (χ0) is 17.2. The zero-order valence-corrected chi connectivity index (χ0v) is 14.1. The van der Waals surface area contributed by atoms with Crippen molar-refractivity contribution < 1.29 is 0 Å². The molecule has 4 heteroatoms. The third-order valence-electron chi connectivity index (χ3n) is 4.89. The number of aromatic nitrogens is 2. The third-order valence-corrected chi connectivity index (χ3v) is 4.89. The van der Waals surface area contributed by atoms with Crippen molar-refractivity contribution in [2.75, 3.05) is 13.6 Å². The number of nitriles is 1. The molecule has 0 saturated heterocycles. The lowest BCUT2D eigenvalue weighted by Gasteiger charge is -2.18. The number of nitrogens with one attached hydrogen (secondary N) is 3. The molecule has 0 spiro atoms. The number of rotatable bonds is 5. The molecule has 0 amide bonds. The molecule has 25 heavy (non-hydrogen) atoms. The van der Waals surface area contributed by atoms with Gasteiger partial charge in [0.25, 0.3) is 0 Å². The van der Waals surface area contributed by atoms with Crippen LogP contribution in [-0.4, -0.2) is 23.6 Å². The van der Waals surface area contributed by atoms with Crippen molar-refractivity contribution in [2.24, 2.45) is 0 Å². The van der Waals surface area contributed by atoms with Crippen LogP contribution in [0.4, 0.5) is 0 Å². The Morgan fingerprint density at radius 1 is 1.04 bits per heavy atom. The summed E-state index contributed by atoms with van der Waals surface area (Å²) in [5.41, 5.74) is 5.41. The van der Waals surface area contributed by atoms with Gasteiger partial charge >= 0.3 is 0 Å². The summed E-state index contributed by atoms with van der Waals surface area (Å²) in [7, 11) is 1.98. The average molecular weight is 328 g/mol. The Hall–Kier alpha value is -3.03. The molecule has 0 radical (unpaired) electrons. The summed E-state index contributed by atoms with van der Waals surface area (Å²) < 4.78 is 0. The molecule has 4 nitrogen and oxygen atoms in total. The Kier molecular flexibility index (Phi) is 4.01. The van der Waals surface area contributed by atoms with E-state index in [0.717, 1.165) is 29.4 Å². The van der Waals surface area contributed by atoms with E-state index >= 15 is 0 Å². The topological polar surface area (TPSA) is 67.4 Å². The summed E-state index contributed by atoms with van der Waals surface area (Å²) in [6.07, 6.45) is 4.76. The SMILES string of the molecule is CNCCC(c1ccc2[nH]ccc2c1)c1ccc2[nH]cc(C#N)c2c1. The summed E-state index contributed by atoms with van der Waals surface area (Å²) >= 11 is 0. The summed E-state index contributed by atoms with van der Waals surface area (Å²) in [6, 6.07) is 17.4. The largest absolute Gasteiger partial charge is 0.361 e. The molecule has 1 atom stereocenters. The highest BCUT2D eigenvalue weighted by molar-refractivity contribution is 5.86. The van der Waals surface area contributed by atoms with Crippen LogP contribution < -0.4 is 5.32 Å². The highest BCUT2D eigenvalue weighted by Crippen LogP contribution is 2.32. The van der Waals surface area contributed by atoms with Gasteiger partial charge in [0.2, 0.25) is 0 Å². The molecule has 2 aromatic heterocycles. The molecule has 3 N–H and O–H groups in total. The lowest BCUT2D eigenvalue weighted by molar-refractivity contribution is 0.662. The van der Waals surface area contributed by atoms with Gasteiger partial charge in [-0.3, -0.25) is 0 Å². The minimum atomic E-state index is 0.289. The molecule has 0 aliphatic rings. The van der Waals surface area contributed by atoms with Gasteiger partial charge in [0.15, 0.2) is 0 Å². The minimum absolute atomic E-state index is 0.289. The van der Waals surface area contributed by atoms with E-state index in [-0.39, 0.29) is 5.92 Å². The van der Waals surface area contributed by atoms with Crippen LogP contribution in [0.3, 0.4) is 0 Å². The smallest absolute Gasteiger partial charge is 0.101 e. The Morgan fingerprint density at radius 2 is 1.84 bits per heavy atom. The van der Waals surface area contributed by atoms with Crippen LogP contribution in [0.1, 0.15) is 29.0 Å². The second-order valence-corrected chi connectivity index (χ2v) is 6.39. The first kappa shape index (κ1) is 15.5. The molecule has 0 saturated carbocycles. The number of aromatic amines is 2. The molecule has 0 aliphatic carbocycles. The van der Waals surface area contributed by atoms with Crippen LogP contribution >= 0.6 is 0 Å². The zero-order valence-electron chi connectivity index (χ0n) is 14.1. The highest BCUT2D eigenvalue weighted by atomic mass is 14.8. The summed E-state index contributed by atoms with van der Waals surface area (Å²) in [5.74, 6) is 0.289. The van der Waals surface area contributed by atoms with Gasteiger partial charge in [0.05, 0.1) is 5.56 Å². The van der Waals surface area contributed by atoms with Crippen molar-refractivity contribution >= 4 is 21.8 Å². The summed E-state index contributed by atoms with van der Waals surface area (Å²) in [5, 5.41) is 14.8. The number of nitrogens with zero attached hydrogens (tertiary/aromatic N) is 1. The van der Waals surface area contributed by atoms with Gasteiger partial charge in [0, 0.05) is 34.7 Å². The number of H-pyrrole nitrogens is 2. The average Bonchev–Trinajstić information content (AvgIpc) is 3.27. The maximum Gasteiger partial charge on any atom is 0.101 e. The molecule has 124 valence electrons. The van der Waals surface area contributed by atoms with Gasteiger partial charge in [-0.1, -0.05) is 12.1 Å². The molecule has 0 bridgehead atoms. The fourth-order valence-corrected chi connectivity index (χ4v) is 3.55. The summed E-state index contributed by atoms with van der Waals surface area (Å²) in [4.78, 5) is 6.42. The quantitative estimate of drug-likeness (QED) is 0.512. The minimum Gasteiger partial charge on any atom is -0.361 e. The van der Waals surface area contributed by atoms with E-state index in [0.29, 0.717) is 5.56 Å². The number of hydrogen-bond acceptors (Lipinski definition) is 2. The van der Waals surface area contributed by atoms with Crippen molar-refractivity contribution in [3.05, 3.63) is 71.5 Å². The molecule has 0 fully saturated rings. The van der Waals surface area contributed by atoms with Gasteiger partial charge in [-0.15, -0.1) is 0 Å². The van der Waals surface area contributed by atoms with Crippen LogP contribution in [0.2, 0.25) is 0 Å². The maximum absolute atomic E-state index is 9.32. The van der Waals surface area contributed by atoms with E-state index in [2.05, 4.69) is 63.8 Å². The lowest BCUT2D eigenvalue weighted by Crippen LogP contribution is -2.13. The van der Waals surface area contributed by atoms with Gasteiger partial charge < -0.3 is 15.3 Å². The van der Waals surface area contributed by atoms with Crippen LogP contribution in [0.15, 0.2) is 54.9 Å². The Balaban J connectivity index is 1.81. The first-order chi connectivity index (χ1) is 12.3. The highest BCUT2D eigenvalue weighted by Gasteiger charge is 2.16. The van der Waals surface area contributed by atoms with E-state index in [4.69, 9.17) is 0 Å². The fourth-order valence-electron chi connectivity index (χ4n) is 3.55. The van der Waals surface area contributed by atoms with Gasteiger partial charge in [-0.05, 0) is 66.9 Å². The lowest BCUT2D eigenvalue weighted by atomic mass is 9.87. The Labute approximate surface area is 146 Å². The van der Waals surface area contributed by atoms with E-state index < -0.39 is 0 Å². The van der Waals surface area contributed by atoms with Crippen molar-refractivity contribution in [3.63, 3.8) is 0 Å². The molecule has 4 aromatic rings. The number of fused-ring (bicyclic) bond motifs is 2. The molecule has 4 rings (SSSR count). The molecule has 1 unspecified atom stereocenters. The van der Waals surface area contributed by atoms with Crippen LogP contribution in [-0.2, 0) is 0 Å². The van der Waals surface area contributed by atoms with Crippen molar-refractivity contribution in [1.29, 1.82) is 5.26 Å². The van der Waals surface area contributed by atoms with Crippen molar-refractivity contribution in [2.45, 2.75) is 12.3 Å². The predicted octanol–water partition coefficient (Wildman–Crippen LogP) is 4.26. The monoisotopic (exact) mass is 328 g/mol. The van der Waals surface area contributed by atoms with Crippen molar-refractivity contribution in [1.82, 2.24) is 15.3 Å². The fraction of sp³-hybridized carbons (Fsp3) is 0.190. The summed E-state index contributed by atoms with van der Waals surface area (Å²) in [6.45, 7) is 0.937. The Morgan fingerprint density at radius 3 is 2.64 bits per heavy atom. The first-order valence-electron chi connectivity index (χ1n) is 8.53. The number of hydrogen-bond donors (Lipinski definition) is 3. The first-order valence-corrected chi connectivity index (χ1v) is 8.53. The Bertz CT molecular complexity index is 1060. The standard InChI is InChI=1S/C21H20N4/c1-23-8-7-18(14-2-4-20-16(10-14)6-9-24-20)15-3-5-21-19(11-15)17(12-22)13-25-21/h2-6,9-11,13,18,23-25H,7-8H2,1H3.